The molecule has 0 aliphatic rings. The third-order valence-corrected chi connectivity index (χ3v) is 3.86. The average molecular weight is 349 g/mol. The molecule has 2 aromatic carbocycles. The predicted octanol–water partition coefficient (Wildman–Crippen LogP) is 4.66. The molecule has 0 atom stereocenters. The first kappa shape index (κ1) is 14.6. The van der Waals surface area contributed by atoms with Crippen molar-refractivity contribution in [2.45, 2.75) is 0 Å². The highest BCUT2D eigenvalue weighted by Crippen LogP contribution is 2.37. The number of fused-ring (bicyclic) bond motifs is 1. The van der Waals surface area contributed by atoms with Crippen LogP contribution in [0, 0.1) is 6.57 Å². The monoisotopic (exact) mass is 347 g/mol. The van der Waals surface area contributed by atoms with Gasteiger partial charge in [0.25, 0.3) is 0 Å². The van der Waals surface area contributed by atoms with Gasteiger partial charge in [0, 0.05) is 23.8 Å². The van der Waals surface area contributed by atoms with Crippen LogP contribution in [0.4, 0.5) is 5.69 Å². The van der Waals surface area contributed by atoms with Crippen molar-refractivity contribution in [1.29, 1.82) is 0 Å². The minimum Gasteiger partial charge on any atom is -0.404 e. The second kappa shape index (κ2) is 6.08. The fraction of sp³-hybridized carbons (Fsp3) is 0.0667. The number of nitrogens with two attached hydrogens (primary N) is 1. The first-order chi connectivity index (χ1) is 9.63. The average Bonchev–Trinajstić information content (AvgIpc) is 2.47. The van der Waals surface area contributed by atoms with E-state index in [4.69, 9.17) is 23.9 Å². The summed E-state index contributed by atoms with van der Waals surface area (Å²) in [6, 6.07) is 9.47. The summed E-state index contributed by atoms with van der Waals surface area (Å²) in [5, 5.41) is 2.25. The molecule has 2 rings (SSSR count). The summed E-state index contributed by atoms with van der Waals surface area (Å²) in [4.78, 5) is 7.84. The van der Waals surface area contributed by atoms with Gasteiger partial charge in [-0.1, -0.05) is 35.9 Å². The van der Waals surface area contributed by atoms with Gasteiger partial charge in [-0.2, -0.15) is 0 Å². The lowest BCUT2D eigenvalue weighted by atomic mass is 10.0. The summed E-state index contributed by atoms with van der Waals surface area (Å²) >= 11 is 9.69. The number of hydrogen-bond donors (Lipinski definition) is 1. The number of benzene rings is 2. The number of hydrogen-bond acceptors (Lipinski definition) is 2. The maximum atomic E-state index is 7.48. The summed E-state index contributed by atoms with van der Waals surface area (Å²) in [6.45, 7) is 7.48. The summed E-state index contributed by atoms with van der Waals surface area (Å²) < 4.78 is 0.599. The Bertz CT molecular complexity index is 773. The third kappa shape index (κ3) is 2.43. The fourth-order valence-corrected chi connectivity index (χ4v) is 2.73. The molecule has 0 amide bonds. The second-order valence-electron chi connectivity index (χ2n) is 4.00. The number of rotatable bonds is 2. The molecule has 0 heterocycles. The molecule has 0 aliphatic carbocycles. The van der Waals surface area contributed by atoms with Crippen molar-refractivity contribution in [3.05, 3.63) is 63.0 Å². The van der Waals surface area contributed by atoms with Crippen LogP contribution in [-0.2, 0) is 0 Å². The van der Waals surface area contributed by atoms with Crippen LogP contribution in [-0.4, -0.2) is 12.8 Å². The van der Waals surface area contributed by atoms with Crippen molar-refractivity contribution in [2.75, 3.05) is 7.05 Å². The van der Waals surface area contributed by atoms with Crippen LogP contribution in [0.15, 0.2) is 46.0 Å². The van der Waals surface area contributed by atoms with Gasteiger partial charge in [0.2, 0.25) is 5.69 Å². The molecule has 0 saturated carbocycles. The van der Waals surface area contributed by atoms with Gasteiger partial charge in [-0.05, 0) is 32.8 Å². The zero-order valence-corrected chi connectivity index (χ0v) is 13.0. The van der Waals surface area contributed by atoms with Crippen LogP contribution < -0.4 is 5.73 Å². The second-order valence-corrected chi connectivity index (χ2v) is 5.26. The minimum absolute atomic E-state index is 0.479. The number of nitrogens with zero attached hydrogens (tertiary/aromatic N) is 2. The van der Waals surface area contributed by atoms with Crippen LogP contribution in [0.3, 0.4) is 0 Å². The van der Waals surface area contributed by atoms with Crippen molar-refractivity contribution in [3.8, 4) is 0 Å². The highest BCUT2D eigenvalue weighted by atomic mass is 79.9. The Morgan fingerprint density at radius 1 is 1.45 bits per heavy atom. The van der Waals surface area contributed by atoms with Crippen LogP contribution >= 0.6 is 27.5 Å². The van der Waals surface area contributed by atoms with Crippen molar-refractivity contribution >= 4 is 49.7 Å². The molecule has 20 heavy (non-hydrogen) atoms. The molecule has 0 aliphatic heterocycles. The van der Waals surface area contributed by atoms with E-state index in [2.05, 4.69) is 25.8 Å². The Morgan fingerprint density at radius 2 is 2.15 bits per heavy atom. The summed E-state index contributed by atoms with van der Waals surface area (Å²) in [7, 11) is 1.64. The van der Waals surface area contributed by atoms with Gasteiger partial charge in [0.15, 0.2) is 0 Å². The quantitative estimate of drug-likeness (QED) is 0.622. The van der Waals surface area contributed by atoms with Crippen LogP contribution in [0.25, 0.3) is 15.6 Å². The van der Waals surface area contributed by atoms with E-state index in [0.717, 1.165) is 10.8 Å². The molecule has 0 bridgehead atoms. The van der Waals surface area contributed by atoms with E-state index in [9.17, 15) is 0 Å². The first-order valence-corrected chi connectivity index (χ1v) is 6.94. The van der Waals surface area contributed by atoms with Crippen LogP contribution in [0.5, 0.6) is 0 Å². The van der Waals surface area contributed by atoms with Gasteiger partial charge in [-0.25, -0.2) is 4.85 Å². The van der Waals surface area contributed by atoms with E-state index in [-0.39, 0.29) is 0 Å². The van der Waals surface area contributed by atoms with Gasteiger partial charge in [0.05, 0.1) is 16.8 Å². The van der Waals surface area contributed by atoms with Gasteiger partial charge < -0.3 is 5.73 Å². The summed E-state index contributed by atoms with van der Waals surface area (Å²) in [5.74, 6) is 0. The zero-order chi connectivity index (χ0) is 14.7. The molecule has 2 aromatic rings. The fourth-order valence-electron chi connectivity index (χ4n) is 2.05. The van der Waals surface area contributed by atoms with E-state index < -0.39 is 0 Å². The van der Waals surface area contributed by atoms with Gasteiger partial charge >= 0.3 is 0 Å². The normalized spacial score (nSPS) is 12.5. The van der Waals surface area contributed by atoms with Crippen LogP contribution in [0.2, 0.25) is 5.02 Å². The molecule has 5 heteroatoms. The third-order valence-electron chi connectivity index (χ3n) is 2.92. The number of halogens is 2. The van der Waals surface area contributed by atoms with E-state index in [1.54, 1.807) is 7.05 Å². The zero-order valence-electron chi connectivity index (χ0n) is 10.7. The molecule has 0 radical (unpaired) electrons. The Kier molecular flexibility index (Phi) is 4.43. The number of aliphatic imine (C=N–C) groups is 1. The Morgan fingerprint density at radius 3 is 2.75 bits per heavy atom. The molecule has 0 unspecified atom stereocenters. The maximum Gasteiger partial charge on any atom is 0.205 e. The lowest BCUT2D eigenvalue weighted by molar-refractivity contribution is 1.43. The minimum atomic E-state index is 0.479. The van der Waals surface area contributed by atoms with Crippen molar-refractivity contribution in [2.24, 2.45) is 10.7 Å². The Balaban J connectivity index is 2.90. The van der Waals surface area contributed by atoms with E-state index in [1.165, 1.54) is 6.20 Å². The van der Waals surface area contributed by atoms with Gasteiger partial charge in [0.1, 0.15) is 0 Å². The largest absolute Gasteiger partial charge is 0.404 e. The first-order valence-electron chi connectivity index (χ1n) is 5.77. The molecule has 2 N–H and O–H groups in total. The molecule has 0 aromatic heterocycles. The molecular formula is C15H11BrClN3. The van der Waals surface area contributed by atoms with Crippen molar-refractivity contribution in [1.82, 2.24) is 0 Å². The van der Waals surface area contributed by atoms with Gasteiger partial charge in [-0.3, -0.25) is 4.99 Å². The highest BCUT2D eigenvalue weighted by Gasteiger charge is 2.18. The van der Waals surface area contributed by atoms with Crippen molar-refractivity contribution < 1.29 is 0 Å². The van der Waals surface area contributed by atoms with E-state index in [1.807, 2.05) is 30.3 Å². The topological polar surface area (TPSA) is 42.7 Å². The standard InChI is InChI=1S/C15H11BrClN3/c1-19-14-10-6-4-3-5-9(10)7-12(17)13(14)15(20-2)11(16)8-18/h3-8H,18H2,2H3. The molecular weight excluding hydrogens is 338 g/mol. The molecule has 0 fully saturated rings. The smallest absolute Gasteiger partial charge is 0.205 e. The lowest BCUT2D eigenvalue weighted by Crippen LogP contribution is -2.04. The predicted molar refractivity (Wildman–Crippen MR) is 88.9 cm³/mol. The lowest BCUT2D eigenvalue weighted by Gasteiger charge is -2.12. The van der Waals surface area contributed by atoms with Gasteiger partial charge in [-0.15, -0.1) is 0 Å². The summed E-state index contributed by atoms with van der Waals surface area (Å²) in [6.07, 6.45) is 1.39. The van der Waals surface area contributed by atoms with E-state index >= 15 is 0 Å². The highest BCUT2D eigenvalue weighted by molar-refractivity contribution is 9.12. The van der Waals surface area contributed by atoms with E-state index in [0.29, 0.717) is 26.5 Å². The molecule has 3 nitrogen and oxygen atoms in total. The number of allylic oxidation sites excluding steroid dienone is 1. The summed E-state index contributed by atoms with van der Waals surface area (Å²) in [5.41, 5.74) is 7.17. The van der Waals surface area contributed by atoms with Crippen molar-refractivity contribution in [3.63, 3.8) is 0 Å². The molecule has 0 spiro atoms. The SMILES string of the molecule is [C-]#[N+]c1c(C(=NC)C(Br)=CN)c(Cl)cc2ccccc12. The van der Waals surface area contributed by atoms with Crippen LogP contribution in [0.1, 0.15) is 5.56 Å². The molecule has 100 valence electrons. The Hall–Kier alpha value is -1.83. The molecule has 0 saturated heterocycles. The Labute approximate surface area is 130 Å². The maximum absolute atomic E-state index is 7.48.